The third-order valence-electron chi connectivity index (χ3n) is 3.71. The van der Waals surface area contributed by atoms with Crippen molar-refractivity contribution in [2.24, 2.45) is 0 Å². The normalized spacial score (nSPS) is 15.5. The van der Waals surface area contributed by atoms with Gasteiger partial charge in [0.2, 0.25) is 5.91 Å². The van der Waals surface area contributed by atoms with E-state index in [1.54, 1.807) is 24.0 Å². The van der Waals surface area contributed by atoms with E-state index in [2.05, 4.69) is 5.32 Å². The molecule has 1 aliphatic heterocycles. The Morgan fingerprint density at radius 2 is 1.91 bits per heavy atom. The summed E-state index contributed by atoms with van der Waals surface area (Å²) in [6.07, 6.45) is 1.30. The lowest BCUT2D eigenvalue weighted by atomic mass is 10.0. The highest BCUT2D eigenvalue weighted by molar-refractivity contribution is 5.79. The molecule has 2 rings (SSSR count). The number of hydrogen-bond acceptors (Lipinski definition) is 3. The Bertz CT molecular complexity index is 511. The van der Waals surface area contributed by atoms with E-state index in [0.717, 1.165) is 5.56 Å². The largest absolute Gasteiger partial charge is 0.450 e. The van der Waals surface area contributed by atoms with Crippen molar-refractivity contribution < 1.29 is 18.7 Å². The summed E-state index contributed by atoms with van der Waals surface area (Å²) in [6.45, 7) is 3.32. The topological polar surface area (TPSA) is 58.6 Å². The van der Waals surface area contributed by atoms with Crippen LogP contribution in [0.3, 0.4) is 0 Å². The van der Waals surface area contributed by atoms with Crippen LogP contribution in [-0.2, 0) is 16.0 Å². The number of amides is 2. The lowest BCUT2D eigenvalue weighted by molar-refractivity contribution is -0.131. The molecule has 5 nitrogen and oxygen atoms in total. The van der Waals surface area contributed by atoms with Crippen LogP contribution in [0.15, 0.2) is 24.3 Å². The van der Waals surface area contributed by atoms with E-state index in [1.807, 2.05) is 0 Å². The van der Waals surface area contributed by atoms with Gasteiger partial charge in [0.25, 0.3) is 0 Å². The van der Waals surface area contributed by atoms with Crippen LogP contribution >= 0.6 is 0 Å². The Kier molecular flexibility index (Phi) is 5.75. The lowest BCUT2D eigenvalue weighted by Crippen LogP contribution is -2.47. The summed E-state index contributed by atoms with van der Waals surface area (Å²) in [7, 11) is 0. The molecule has 0 atom stereocenters. The van der Waals surface area contributed by atoms with Gasteiger partial charge in [0.15, 0.2) is 0 Å². The maximum atomic E-state index is 12.8. The molecule has 120 valence electrons. The number of halogens is 1. The van der Waals surface area contributed by atoms with Gasteiger partial charge in [-0.2, -0.15) is 0 Å². The number of piperidine rings is 1. The molecule has 0 radical (unpaired) electrons. The van der Waals surface area contributed by atoms with Crippen molar-refractivity contribution in [3.05, 3.63) is 35.6 Å². The first-order valence-electron chi connectivity index (χ1n) is 7.54. The van der Waals surface area contributed by atoms with E-state index in [-0.39, 0.29) is 24.2 Å². The van der Waals surface area contributed by atoms with Gasteiger partial charge in [-0.3, -0.25) is 4.79 Å². The van der Waals surface area contributed by atoms with Crippen LogP contribution in [0.5, 0.6) is 0 Å². The standard InChI is InChI=1S/C16H21FN2O3/c1-2-22-16(21)18-14-7-9-19(10-8-14)15(20)11-12-3-5-13(17)6-4-12/h3-6,14H,2,7-11H2,1H3,(H,18,21). The number of nitrogens with zero attached hydrogens (tertiary/aromatic N) is 1. The number of likely N-dealkylation sites (tertiary alicyclic amines) is 1. The molecular weight excluding hydrogens is 287 g/mol. The molecule has 1 aromatic carbocycles. The van der Waals surface area contributed by atoms with Crippen molar-refractivity contribution in [1.29, 1.82) is 0 Å². The van der Waals surface area contributed by atoms with Crippen LogP contribution in [0.4, 0.5) is 9.18 Å². The molecule has 1 N–H and O–H groups in total. The van der Waals surface area contributed by atoms with Crippen LogP contribution in [0.1, 0.15) is 25.3 Å². The molecule has 6 heteroatoms. The Morgan fingerprint density at radius 3 is 2.50 bits per heavy atom. The van der Waals surface area contributed by atoms with E-state index in [1.165, 1.54) is 12.1 Å². The second kappa shape index (κ2) is 7.77. The van der Waals surface area contributed by atoms with Gasteiger partial charge in [-0.05, 0) is 37.5 Å². The minimum Gasteiger partial charge on any atom is -0.450 e. The third kappa shape index (κ3) is 4.72. The number of rotatable bonds is 4. The molecule has 0 aromatic heterocycles. The maximum Gasteiger partial charge on any atom is 0.407 e. The zero-order valence-corrected chi connectivity index (χ0v) is 12.7. The summed E-state index contributed by atoms with van der Waals surface area (Å²) >= 11 is 0. The predicted octanol–water partition coefficient (Wildman–Crippen LogP) is 2.11. The minimum absolute atomic E-state index is 0.0289. The molecule has 22 heavy (non-hydrogen) atoms. The highest BCUT2D eigenvalue weighted by atomic mass is 19.1. The zero-order valence-electron chi connectivity index (χ0n) is 12.7. The van der Waals surface area contributed by atoms with Crippen LogP contribution in [0.25, 0.3) is 0 Å². The van der Waals surface area contributed by atoms with Gasteiger partial charge in [0, 0.05) is 19.1 Å². The molecule has 1 saturated heterocycles. The van der Waals surface area contributed by atoms with Crippen molar-refractivity contribution >= 4 is 12.0 Å². The van der Waals surface area contributed by atoms with E-state index in [9.17, 15) is 14.0 Å². The van der Waals surface area contributed by atoms with E-state index >= 15 is 0 Å². The van der Waals surface area contributed by atoms with Crippen LogP contribution in [0, 0.1) is 5.82 Å². The molecular formula is C16H21FN2O3. The molecule has 0 bridgehead atoms. The van der Waals surface area contributed by atoms with Gasteiger partial charge in [0.05, 0.1) is 13.0 Å². The van der Waals surface area contributed by atoms with Crippen molar-refractivity contribution in [2.75, 3.05) is 19.7 Å². The van der Waals surface area contributed by atoms with Gasteiger partial charge in [-0.25, -0.2) is 9.18 Å². The number of nitrogens with one attached hydrogen (secondary N) is 1. The van der Waals surface area contributed by atoms with Crippen LogP contribution in [-0.4, -0.2) is 42.6 Å². The lowest BCUT2D eigenvalue weighted by Gasteiger charge is -2.32. The van der Waals surface area contributed by atoms with E-state index in [4.69, 9.17) is 4.74 Å². The first kappa shape index (κ1) is 16.3. The summed E-state index contributed by atoms with van der Waals surface area (Å²) in [5.74, 6) is -0.275. The Labute approximate surface area is 129 Å². The van der Waals surface area contributed by atoms with Gasteiger partial charge < -0.3 is 15.0 Å². The molecule has 0 spiro atoms. The number of alkyl carbamates (subject to hydrolysis) is 1. The Morgan fingerprint density at radius 1 is 1.27 bits per heavy atom. The van der Waals surface area contributed by atoms with Gasteiger partial charge >= 0.3 is 6.09 Å². The second-order valence-corrected chi connectivity index (χ2v) is 5.32. The Hall–Kier alpha value is -2.11. The fraction of sp³-hybridized carbons (Fsp3) is 0.500. The van der Waals surface area contributed by atoms with Gasteiger partial charge in [0.1, 0.15) is 5.82 Å². The molecule has 2 amide bonds. The SMILES string of the molecule is CCOC(=O)NC1CCN(C(=O)Cc2ccc(F)cc2)CC1. The minimum atomic E-state index is -0.404. The molecule has 1 heterocycles. The molecule has 0 aliphatic carbocycles. The van der Waals surface area contributed by atoms with Crippen molar-refractivity contribution in [2.45, 2.75) is 32.2 Å². The monoisotopic (exact) mass is 308 g/mol. The Balaban J connectivity index is 1.77. The highest BCUT2D eigenvalue weighted by Gasteiger charge is 2.24. The fourth-order valence-electron chi connectivity index (χ4n) is 2.50. The highest BCUT2D eigenvalue weighted by Crippen LogP contribution is 2.13. The molecule has 1 aromatic rings. The number of ether oxygens (including phenoxy) is 1. The van der Waals surface area contributed by atoms with Crippen molar-refractivity contribution in [3.8, 4) is 0 Å². The summed E-state index contributed by atoms with van der Waals surface area (Å²) in [5, 5.41) is 2.79. The predicted molar refractivity (Wildman–Crippen MR) is 79.9 cm³/mol. The van der Waals surface area contributed by atoms with Crippen LogP contribution < -0.4 is 5.32 Å². The zero-order chi connectivity index (χ0) is 15.9. The first-order chi connectivity index (χ1) is 10.6. The molecule has 0 unspecified atom stereocenters. The quantitative estimate of drug-likeness (QED) is 0.927. The number of hydrogen-bond donors (Lipinski definition) is 1. The number of carbonyl (C=O) groups is 2. The van der Waals surface area contributed by atoms with E-state index < -0.39 is 6.09 Å². The summed E-state index contributed by atoms with van der Waals surface area (Å²) in [5.41, 5.74) is 0.804. The van der Waals surface area contributed by atoms with Crippen molar-refractivity contribution in [1.82, 2.24) is 10.2 Å². The molecule has 0 saturated carbocycles. The average Bonchev–Trinajstić information content (AvgIpc) is 2.50. The van der Waals surface area contributed by atoms with Crippen molar-refractivity contribution in [3.63, 3.8) is 0 Å². The maximum absolute atomic E-state index is 12.8. The summed E-state index contributed by atoms with van der Waals surface area (Å²) < 4.78 is 17.7. The third-order valence-corrected chi connectivity index (χ3v) is 3.71. The molecule has 1 fully saturated rings. The summed E-state index contributed by atoms with van der Waals surface area (Å²) in [4.78, 5) is 25.3. The number of benzene rings is 1. The average molecular weight is 308 g/mol. The fourth-order valence-corrected chi connectivity index (χ4v) is 2.50. The molecule has 1 aliphatic rings. The van der Waals surface area contributed by atoms with Crippen LogP contribution in [0.2, 0.25) is 0 Å². The summed E-state index contributed by atoms with van der Waals surface area (Å²) in [6, 6.07) is 6.02. The second-order valence-electron chi connectivity index (χ2n) is 5.32. The smallest absolute Gasteiger partial charge is 0.407 e. The van der Waals surface area contributed by atoms with Gasteiger partial charge in [-0.15, -0.1) is 0 Å². The number of carbonyl (C=O) groups excluding carboxylic acids is 2. The van der Waals surface area contributed by atoms with E-state index in [0.29, 0.717) is 32.5 Å². The first-order valence-corrected chi connectivity index (χ1v) is 7.54. The van der Waals surface area contributed by atoms with Gasteiger partial charge in [-0.1, -0.05) is 12.1 Å².